The predicted octanol–water partition coefficient (Wildman–Crippen LogP) is 0.526. The number of aliphatic hydroxyl groups is 1. The lowest BCUT2D eigenvalue weighted by molar-refractivity contribution is -0.124. The molecule has 2 unspecified atom stereocenters. The molecule has 3 atom stereocenters. The summed E-state index contributed by atoms with van der Waals surface area (Å²) in [6, 6.07) is 5.30. The highest BCUT2D eigenvalue weighted by molar-refractivity contribution is 5.90. The molecule has 2 aliphatic heterocycles. The van der Waals surface area contributed by atoms with Crippen molar-refractivity contribution in [2.45, 2.75) is 24.6 Å². The van der Waals surface area contributed by atoms with E-state index in [0.29, 0.717) is 36.6 Å². The molecule has 2 aromatic rings. The molecule has 160 valence electrons. The summed E-state index contributed by atoms with van der Waals surface area (Å²) in [4.78, 5) is 26.8. The van der Waals surface area contributed by atoms with Gasteiger partial charge in [-0.05, 0) is 24.6 Å². The number of cyclic esters (lactones) is 1. The number of ether oxygens (including phenoxy) is 1. The van der Waals surface area contributed by atoms with E-state index in [1.165, 1.54) is 17.2 Å². The second-order valence-corrected chi connectivity index (χ2v) is 7.28. The van der Waals surface area contributed by atoms with Crippen molar-refractivity contribution in [1.29, 1.82) is 0 Å². The number of hydrogen-bond acceptors (Lipinski definition) is 8. The first kappa shape index (κ1) is 20.1. The van der Waals surface area contributed by atoms with E-state index < -0.39 is 36.6 Å². The lowest BCUT2D eigenvalue weighted by Crippen LogP contribution is -2.38. The molecule has 0 bridgehead atoms. The summed E-state index contributed by atoms with van der Waals surface area (Å²) in [6.07, 6.45) is 0.780. The van der Waals surface area contributed by atoms with Crippen LogP contribution in [-0.2, 0) is 9.53 Å². The zero-order valence-electron chi connectivity index (χ0n) is 16.0. The number of nitrogens with zero attached hydrogens (tertiary/aromatic N) is 3. The second kappa shape index (κ2) is 8.28. The average molecular weight is 419 g/mol. The Labute approximate surface area is 171 Å². The van der Waals surface area contributed by atoms with Crippen LogP contribution in [0.25, 0.3) is 0 Å². The van der Waals surface area contributed by atoms with Crippen molar-refractivity contribution in [2.75, 3.05) is 36.0 Å². The minimum absolute atomic E-state index is 0.156. The predicted molar refractivity (Wildman–Crippen MR) is 103 cm³/mol. The Kier molecular flexibility index (Phi) is 5.55. The number of aliphatic hydroxyl groups excluding tert-OH is 1. The smallest absolute Gasteiger partial charge is 0.414 e. The summed E-state index contributed by atoms with van der Waals surface area (Å²) in [7, 11) is 0. The number of hydrogen-bond donors (Lipinski definition) is 3. The first-order chi connectivity index (χ1) is 14.5. The summed E-state index contributed by atoms with van der Waals surface area (Å²) in [5.41, 5.74) is 7.29. The molecule has 0 aliphatic carbocycles. The zero-order chi connectivity index (χ0) is 21.3. The number of anilines is 2. The van der Waals surface area contributed by atoms with Gasteiger partial charge in [0.15, 0.2) is 0 Å². The van der Waals surface area contributed by atoms with Gasteiger partial charge < -0.3 is 30.3 Å². The summed E-state index contributed by atoms with van der Waals surface area (Å²) < 4.78 is 24.9. The van der Waals surface area contributed by atoms with Gasteiger partial charge in [-0.3, -0.25) is 9.69 Å². The molecule has 2 aliphatic rings. The third-order valence-electron chi connectivity index (χ3n) is 5.32. The molecule has 11 heteroatoms. The second-order valence-electron chi connectivity index (χ2n) is 7.28. The van der Waals surface area contributed by atoms with E-state index in [0.717, 1.165) is 0 Å². The Hall–Kier alpha value is -3.18. The monoisotopic (exact) mass is 419 g/mol. The van der Waals surface area contributed by atoms with E-state index in [2.05, 4.69) is 10.5 Å². The van der Waals surface area contributed by atoms with Crippen molar-refractivity contribution in [3.05, 3.63) is 42.0 Å². The lowest BCUT2D eigenvalue weighted by atomic mass is 10.1. The molecule has 3 heterocycles. The quantitative estimate of drug-likeness (QED) is 0.617. The van der Waals surface area contributed by atoms with Crippen molar-refractivity contribution in [1.82, 2.24) is 10.5 Å². The third-order valence-corrected chi connectivity index (χ3v) is 5.32. The van der Waals surface area contributed by atoms with Crippen molar-refractivity contribution < 1.29 is 28.3 Å². The molecule has 10 nitrogen and oxygen atoms in total. The van der Waals surface area contributed by atoms with E-state index in [1.807, 2.05) is 4.90 Å². The SMILES string of the molecule is N[C@@H](c1ccon1)C1CN(c2ccc(N3CCC(NC(=O)CO)C3)c(F)c2)C(=O)O1. The van der Waals surface area contributed by atoms with Crippen LogP contribution in [0.15, 0.2) is 35.1 Å². The van der Waals surface area contributed by atoms with Crippen LogP contribution in [0, 0.1) is 5.82 Å². The number of halogens is 1. The Balaban J connectivity index is 1.43. The molecule has 4 N–H and O–H groups in total. The largest absolute Gasteiger partial charge is 0.442 e. The van der Waals surface area contributed by atoms with E-state index in [1.54, 1.807) is 18.2 Å². The number of aromatic nitrogens is 1. The summed E-state index contributed by atoms with van der Waals surface area (Å²) in [5.74, 6) is -0.942. The topological polar surface area (TPSA) is 134 Å². The first-order valence-electron chi connectivity index (χ1n) is 9.55. The number of nitrogens with one attached hydrogen (secondary N) is 1. The van der Waals surface area contributed by atoms with Crippen LogP contribution in [0.2, 0.25) is 0 Å². The molecular weight excluding hydrogens is 397 g/mol. The average Bonchev–Trinajstić information content (AvgIpc) is 3.48. The third kappa shape index (κ3) is 3.94. The minimum Gasteiger partial charge on any atom is -0.442 e. The number of amides is 2. The van der Waals surface area contributed by atoms with E-state index in [-0.39, 0.29) is 12.6 Å². The molecule has 2 amide bonds. The highest BCUT2D eigenvalue weighted by Gasteiger charge is 2.38. The first-order valence-corrected chi connectivity index (χ1v) is 9.55. The number of carbonyl (C=O) groups excluding carboxylic acids is 2. The molecule has 0 spiro atoms. The van der Waals surface area contributed by atoms with Crippen LogP contribution in [0.1, 0.15) is 18.2 Å². The summed E-state index contributed by atoms with van der Waals surface area (Å²) >= 11 is 0. The number of benzene rings is 1. The molecular formula is C19H22FN5O5. The number of rotatable bonds is 6. The van der Waals surface area contributed by atoms with Gasteiger partial charge in [-0.2, -0.15) is 0 Å². The minimum atomic E-state index is -0.655. The highest BCUT2D eigenvalue weighted by atomic mass is 19.1. The molecule has 0 saturated carbocycles. The number of carbonyl (C=O) groups is 2. The van der Waals surface area contributed by atoms with Crippen molar-refractivity contribution in [3.63, 3.8) is 0 Å². The van der Waals surface area contributed by atoms with Crippen LogP contribution < -0.4 is 20.9 Å². The van der Waals surface area contributed by atoms with Gasteiger partial charge in [0.25, 0.3) is 0 Å². The van der Waals surface area contributed by atoms with Crippen molar-refractivity contribution >= 4 is 23.4 Å². The molecule has 1 aromatic heterocycles. The fourth-order valence-corrected chi connectivity index (χ4v) is 3.76. The Morgan fingerprint density at radius 2 is 2.23 bits per heavy atom. The van der Waals surface area contributed by atoms with Crippen LogP contribution >= 0.6 is 0 Å². The normalized spacial score (nSPS) is 22.3. The number of nitrogens with two attached hydrogens (primary N) is 1. The molecule has 2 fully saturated rings. The van der Waals surface area contributed by atoms with E-state index >= 15 is 0 Å². The van der Waals surface area contributed by atoms with Gasteiger partial charge in [0.2, 0.25) is 5.91 Å². The summed E-state index contributed by atoms with van der Waals surface area (Å²) in [5, 5.41) is 15.3. The van der Waals surface area contributed by atoms with Crippen LogP contribution in [0.3, 0.4) is 0 Å². The maximum atomic E-state index is 14.8. The van der Waals surface area contributed by atoms with Gasteiger partial charge in [-0.1, -0.05) is 5.16 Å². The zero-order valence-corrected chi connectivity index (χ0v) is 16.0. The van der Waals surface area contributed by atoms with Gasteiger partial charge in [0.05, 0.1) is 24.0 Å². The maximum Gasteiger partial charge on any atom is 0.414 e. The summed E-state index contributed by atoms with van der Waals surface area (Å²) in [6.45, 7) is 0.576. The Bertz CT molecular complexity index is 924. The molecule has 30 heavy (non-hydrogen) atoms. The molecule has 0 radical (unpaired) electrons. The Morgan fingerprint density at radius 3 is 2.93 bits per heavy atom. The molecule has 2 saturated heterocycles. The Morgan fingerprint density at radius 1 is 1.40 bits per heavy atom. The van der Waals surface area contributed by atoms with Gasteiger partial charge in [0.1, 0.15) is 30.5 Å². The van der Waals surface area contributed by atoms with Crippen LogP contribution in [0.4, 0.5) is 20.6 Å². The van der Waals surface area contributed by atoms with Gasteiger partial charge in [-0.15, -0.1) is 0 Å². The van der Waals surface area contributed by atoms with Gasteiger partial charge >= 0.3 is 6.09 Å². The van der Waals surface area contributed by atoms with Crippen LogP contribution in [-0.4, -0.2) is 60.7 Å². The van der Waals surface area contributed by atoms with Crippen molar-refractivity contribution in [3.8, 4) is 0 Å². The van der Waals surface area contributed by atoms with E-state index in [9.17, 15) is 14.0 Å². The van der Waals surface area contributed by atoms with Gasteiger partial charge in [0, 0.05) is 25.2 Å². The maximum absolute atomic E-state index is 14.8. The van der Waals surface area contributed by atoms with E-state index in [4.69, 9.17) is 20.1 Å². The van der Waals surface area contributed by atoms with Gasteiger partial charge in [-0.25, -0.2) is 9.18 Å². The lowest BCUT2D eigenvalue weighted by Gasteiger charge is -2.21. The van der Waals surface area contributed by atoms with Crippen molar-refractivity contribution in [2.24, 2.45) is 5.73 Å². The molecule has 4 rings (SSSR count). The fraction of sp³-hybridized carbons (Fsp3) is 0.421. The van der Waals surface area contributed by atoms with Crippen LogP contribution in [0.5, 0.6) is 0 Å². The molecule has 1 aromatic carbocycles. The highest BCUT2D eigenvalue weighted by Crippen LogP contribution is 2.31. The fourth-order valence-electron chi connectivity index (χ4n) is 3.76. The standard InChI is InChI=1S/C19H22FN5O5/c20-13-7-12(1-2-15(13)24-5-3-11(8-24)22-17(27)10-26)25-9-16(30-19(25)28)18(21)14-4-6-29-23-14/h1-2,4,6-7,11,16,18,26H,3,5,8-10,21H2,(H,22,27)/t11?,16?,18-/m0/s1.